The molecule has 20 heavy (non-hydrogen) atoms. The van der Waals surface area contributed by atoms with E-state index in [0.29, 0.717) is 11.3 Å². The first-order valence-corrected chi connectivity index (χ1v) is 7.42. The SMILES string of the molecule is CCC1CCC(NC(=O)Nc2ccc(C)c(F)c2)CC1. The number of benzene rings is 1. The molecule has 0 spiro atoms. The number of anilines is 1. The number of urea groups is 1. The van der Waals surface area contributed by atoms with Crippen molar-refractivity contribution in [1.82, 2.24) is 5.32 Å². The van der Waals surface area contributed by atoms with E-state index in [1.807, 2.05) is 0 Å². The van der Waals surface area contributed by atoms with Gasteiger partial charge < -0.3 is 10.6 Å². The van der Waals surface area contributed by atoms with Crippen molar-refractivity contribution >= 4 is 11.7 Å². The average molecular weight is 278 g/mol. The van der Waals surface area contributed by atoms with Crippen molar-refractivity contribution in [2.75, 3.05) is 5.32 Å². The molecule has 1 aliphatic rings. The largest absolute Gasteiger partial charge is 0.335 e. The van der Waals surface area contributed by atoms with Gasteiger partial charge in [0.25, 0.3) is 0 Å². The van der Waals surface area contributed by atoms with Crippen LogP contribution in [0.2, 0.25) is 0 Å². The number of nitrogens with one attached hydrogen (secondary N) is 2. The number of hydrogen-bond acceptors (Lipinski definition) is 1. The van der Waals surface area contributed by atoms with E-state index < -0.39 is 0 Å². The van der Waals surface area contributed by atoms with E-state index in [1.165, 1.54) is 25.3 Å². The molecule has 0 atom stereocenters. The highest BCUT2D eigenvalue weighted by atomic mass is 19.1. The molecule has 1 aromatic carbocycles. The lowest BCUT2D eigenvalue weighted by molar-refractivity contribution is 0.237. The quantitative estimate of drug-likeness (QED) is 0.853. The minimum atomic E-state index is -0.300. The van der Waals surface area contributed by atoms with Crippen LogP contribution in [0, 0.1) is 18.7 Å². The Labute approximate surface area is 120 Å². The zero-order valence-corrected chi connectivity index (χ0v) is 12.2. The van der Waals surface area contributed by atoms with E-state index in [1.54, 1.807) is 19.1 Å². The molecular formula is C16H23FN2O. The second kappa shape index (κ2) is 6.73. The molecule has 2 N–H and O–H groups in total. The second-order valence-corrected chi connectivity index (χ2v) is 5.69. The van der Waals surface area contributed by atoms with Gasteiger partial charge in [0.05, 0.1) is 0 Å². The number of rotatable bonds is 3. The lowest BCUT2D eigenvalue weighted by Crippen LogP contribution is -2.40. The second-order valence-electron chi connectivity index (χ2n) is 5.69. The lowest BCUT2D eigenvalue weighted by atomic mass is 9.85. The van der Waals surface area contributed by atoms with Gasteiger partial charge in [-0.05, 0) is 56.2 Å². The van der Waals surface area contributed by atoms with E-state index in [9.17, 15) is 9.18 Å². The fourth-order valence-electron chi connectivity index (χ4n) is 2.74. The molecule has 3 nitrogen and oxygen atoms in total. The molecule has 1 aliphatic carbocycles. The normalized spacial score (nSPS) is 22.4. The van der Waals surface area contributed by atoms with Crippen molar-refractivity contribution in [1.29, 1.82) is 0 Å². The first-order chi connectivity index (χ1) is 9.58. The van der Waals surface area contributed by atoms with Gasteiger partial charge in [-0.1, -0.05) is 19.4 Å². The Bertz CT molecular complexity index is 468. The molecule has 0 bridgehead atoms. The third-order valence-corrected chi connectivity index (χ3v) is 4.19. The van der Waals surface area contributed by atoms with Crippen molar-refractivity contribution in [3.63, 3.8) is 0 Å². The van der Waals surface area contributed by atoms with Gasteiger partial charge in [-0.25, -0.2) is 9.18 Å². The minimum absolute atomic E-state index is 0.242. The molecule has 0 aromatic heterocycles. The predicted molar refractivity (Wildman–Crippen MR) is 79.3 cm³/mol. The maximum Gasteiger partial charge on any atom is 0.319 e. The van der Waals surface area contributed by atoms with Crippen LogP contribution in [0.25, 0.3) is 0 Å². The summed E-state index contributed by atoms with van der Waals surface area (Å²) in [6.45, 7) is 3.92. The number of carbonyl (C=O) groups excluding carboxylic acids is 1. The topological polar surface area (TPSA) is 41.1 Å². The number of carbonyl (C=O) groups is 1. The van der Waals surface area contributed by atoms with Crippen LogP contribution in [-0.2, 0) is 0 Å². The molecule has 2 amide bonds. The summed E-state index contributed by atoms with van der Waals surface area (Å²) in [5.41, 5.74) is 1.07. The highest BCUT2D eigenvalue weighted by molar-refractivity contribution is 5.89. The fraction of sp³-hybridized carbons (Fsp3) is 0.562. The fourth-order valence-corrected chi connectivity index (χ4v) is 2.74. The van der Waals surface area contributed by atoms with Crippen molar-refractivity contribution in [3.8, 4) is 0 Å². The summed E-state index contributed by atoms with van der Waals surface area (Å²) in [4.78, 5) is 11.9. The van der Waals surface area contributed by atoms with Crippen LogP contribution in [0.15, 0.2) is 18.2 Å². The van der Waals surface area contributed by atoms with Crippen molar-refractivity contribution in [2.45, 2.75) is 52.0 Å². The van der Waals surface area contributed by atoms with Crippen molar-refractivity contribution in [3.05, 3.63) is 29.6 Å². The molecule has 2 rings (SSSR count). The molecule has 110 valence electrons. The Balaban J connectivity index is 1.82. The maximum atomic E-state index is 13.4. The van der Waals surface area contributed by atoms with Gasteiger partial charge in [0.15, 0.2) is 0 Å². The molecule has 0 unspecified atom stereocenters. The zero-order chi connectivity index (χ0) is 14.5. The summed E-state index contributed by atoms with van der Waals surface area (Å²) in [5, 5.41) is 5.67. The van der Waals surface area contributed by atoms with E-state index >= 15 is 0 Å². The molecular weight excluding hydrogens is 255 g/mol. The predicted octanol–water partition coefficient (Wildman–Crippen LogP) is 4.22. The van der Waals surface area contributed by atoms with Crippen LogP contribution < -0.4 is 10.6 Å². The van der Waals surface area contributed by atoms with E-state index in [-0.39, 0.29) is 17.9 Å². The van der Waals surface area contributed by atoms with Crippen LogP contribution in [0.3, 0.4) is 0 Å². The molecule has 0 heterocycles. The summed E-state index contributed by atoms with van der Waals surface area (Å²) in [6.07, 6.45) is 5.66. The Morgan fingerprint density at radius 2 is 2.00 bits per heavy atom. The molecule has 0 saturated heterocycles. The Morgan fingerprint density at radius 1 is 1.30 bits per heavy atom. The zero-order valence-electron chi connectivity index (χ0n) is 12.2. The van der Waals surface area contributed by atoms with Gasteiger partial charge in [0, 0.05) is 11.7 Å². The summed E-state index contributed by atoms with van der Waals surface area (Å²) in [6, 6.07) is 4.73. The van der Waals surface area contributed by atoms with Crippen LogP contribution >= 0.6 is 0 Å². The molecule has 1 aromatic rings. The van der Waals surface area contributed by atoms with Gasteiger partial charge in [-0.3, -0.25) is 0 Å². The summed E-state index contributed by atoms with van der Waals surface area (Å²) in [7, 11) is 0. The Kier molecular flexibility index (Phi) is 4.99. The van der Waals surface area contributed by atoms with E-state index in [2.05, 4.69) is 17.6 Å². The maximum absolute atomic E-state index is 13.4. The molecule has 1 saturated carbocycles. The first kappa shape index (κ1) is 14.8. The van der Waals surface area contributed by atoms with Crippen LogP contribution in [-0.4, -0.2) is 12.1 Å². The monoisotopic (exact) mass is 278 g/mol. The lowest BCUT2D eigenvalue weighted by Gasteiger charge is -2.28. The van der Waals surface area contributed by atoms with Crippen molar-refractivity contribution in [2.24, 2.45) is 5.92 Å². The van der Waals surface area contributed by atoms with Gasteiger partial charge in [-0.2, -0.15) is 0 Å². The Hall–Kier alpha value is -1.58. The highest BCUT2D eigenvalue weighted by Crippen LogP contribution is 2.26. The van der Waals surface area contributed by atoms with Gasteiger partial charge in [0.2, 0.25) is 0 Å². The van der Waals surface area contributed by atoms with E-state index in [0.717, 1.165) is 18.8 Å². The van der Waals surface area contributed by atoms with Gasteiger partial charge in [0.1, 0.15) is 5.82 Å². The molecule has 4 heteroatoms. The number of aryl methyl sites for hydroxylation is 1. The highest BCUT2D eigenvalue weighted by Gasteiger charge is 2.21. The van der Waals surface area contributed by atoms with E-state index in [4.69, 9.17) is 0 Å². The number of halogens is 1. The molecule has 0 aliphatic heterocycles. The van der Waals surface area contributed by atoms with Gasteiger partial charge >= 0.3 is 6.03 Å². The molecule has 1 fully saturated rings. The third kappa shape index (κ3) is 3.95. The van der Waals surface area contributed by atoms with Crippen molar-refractivity contribution < 1.29 is 9.18 Å². The summed E-state index contributed by atoms with van der Waals surface area (Å²) < 4.78 is 13.4. The van der Waals surface area contributed by atoms with Crippen LogP contribution in [0.1, 0.15) is 44.6 Å². The molecule has 0 radical (unpaired) electrons. The number of hydrogen-bond donors (Lipinski definition) is 2. The standard InChI is InChI=1S/C16H23FN2O/c1-3-12-5-8-13(9-6-12)18-16(20)19-14-7-4-11(2)15(17)10-14/h4,7,10,12-13H,3,5-6,8-9H2,1-2H3,(H2,18,19,20). The third-order valence-electron chi connectivity index (χ3n) is 4.19. The smallest absolute Gasteiger partial charge is 0.319 e. The van der Waals surface area contributed by atoms with Gasteiger partial charge in [-0.15, -0.1) is 0 Å². The van der Waals surface area contributed by atoms with Crippen LogP contribution in [0.4, 0.5) is 14.9 Å². The first-order valence-electron chi connectivity index (χ1n) is 7.42. The minimum Gasteiger partial charge on any atom is -0.335 e. The summed E-state index contributed by atoms with van der Waals surface area (Å²) in [5.74, 6) is 0.508. The Morgan fingerprint density at radius 3 is 2.60 bits per heavy atom. The summed E-state index contributed by atoms with van der Waals surface area (Å²) >= 11 is 0. The van der Waals surface area contributed by atoms with Crippen LogP contribution in [0.5, 0.6) is 0 Å². The number of amides is 2. The average Bonchev–Trinajstić information content (AvgIpc) is 2.44.